The molecule has 0 aliphatic heterocycles. The Morgan fingerprint density at radius 2 is 1.90 bits per heavy atom. The third-order valence-electron chi connectivity index (χ3n) is 2.85. The van der Waals surface area contributed by atoms with Crippen LogP contribution in [0, 0.1) is 6.92 Å². The maximum atomic E-state index is 12.1. The van der Waals surface area contributed by atoms with E-state index in [-0.39, 0.29) is 10.8 Å². The molecule has 110 valence electrons. The molecule has 0 heterocycles. The quantitative estimate of drug-likeness (QED) is 0.909. The van der Waals surface area contributed by atoms with E-state index in [2.05, 4.69) is 5.32 Å². The number of anilines is 1. The smallest absolute Gasteiger partial charge is 0.255 e. The lowest BCUT2D eigenvalue weighted by Crippen LogP contribution is -2.14. The highest BCUT2D eigenvalue weighted by Gasteiger charge is 2.11. The summed E-state index contributed by atoms with van der Waals surface area (Å²) in [6.07, 6.45) is 0. The number of rotatable bonds is 3. The summed E-state index contributed by atoms with van der Waals surface area (Å²) >= 11 is 5.97. The van der Waals surface area contributed by atoms with Crippen LogP contribution in [0.5, 0.6) is 0 Å². The number of hydrogen-bond donors (Lipinski definition) is 2. The van der Waals surface area contributed by atoms with Crippen molar-refractivity contribution in [3.05, 3.63) is 58.6 Å². The lowest BCUT2D eigenvalue weighted by molar-refractivity contribution is 0.102. The Balaban J connectivity index is 2.25. The van der Waals surface area contributed by atoms with Crippen LogP contribution in [0.2, 0.25) is 5.02 Å². The molecule has 0 bridgehead atoms. The maximum Gasteiger partial charge on any atom is 0.255 e. The topological polar surface area (TPSA) is 89.3 Å². The van der Waals surface area contributed by atoms with E-state index in [4.69, 9.17) is 16.7 Å². The number of amides is 1. The van der Waals surface area contributed by atoms with E-state index >= 15 is 0 Å². The fourth-order valence-electron chi connectivity index (χ4n) is 1.69. The molecule has 0 fully saturated rings. The van der Waals surface area contributed by atoms with Gasteiger partial charge in [-0.25, -0.2) is 13.6 Å². The van der Waals surface area contributed by atoms with Gasteiger partial charge in [-0.05, 0) is 42.8 Å². The van der Waals surface area contributed by atoms with Gasteiger partial charge in [0.1, 0.15) is 0 Å². The first kappa shape index (κ1) is 15.5. The van der Waals surface area contributed by atoms with Crippen molar-refractivity contribution >= 4 is 33.2 Å². The zero-order valence-corrected chi connectivity index (χ0v) is 12.7. The van der Waals surface area contributed by atoms with Gasteiger partial charge in [-0.2, -0.15) is 0 Å². The molecule has 2 aromatic rings. The van der Waals surface area contributed by atoms with Gasteiger partial charge in [0.15, 0.2) is 0 Å². The number of nitrogens with one attached hydrogen (secondary N) is 1. The van der Waals surface area contributed by atoms with Crippen molar-refractivity contribution in [2.24, 2.45) is 5.14 Å². The van der Waals surface area contributed by atoms with Crippen molar-refractivity contribution in [1.82, 2.24) is 0 Å². The number of sulfonamides is 1. The molecule has 7 heteroatoms. The van der Waals surface area contributed by atoms with Crippen LogP contribution >= 0.6 is 11.6 Å². The molecule has 0 unspecified atom stereocenters. The van der Waals surface area contributed by atoms with Gasteiger partial charge >= 0.3 is 0 Å². The largest absolute Gasteiger partial charge is 0.322 e. The number of hydrogen-bond acceptors (Lipinski definition) is 3. The number of nitrogens with two attached hydrogens (primary N) is 1. The monoisotopic (exact) mass is 324 g/mol. The summed E-state index contributed by atoms with van der Waals surface area (Å²) in [6, 6.07) is 10.6. The lowest BCUT2D eigenvalue weighted by Gasteiger charge is -2.07. The molecule has 3 N–H and O–H groups in total. The van der Waals surface area contributed by atoms with Crippen LogP contribution in [0.4, 0.5) is 5.69 Å². The van der Waals surface area contributed by atoms with Crippen molar-refractivity contribution in [1.29, 1.82) is 0 Å². The van der Waals surface area contributed by atoms with Gasteiger partial charge < -0.3 is 5.32 Å². The molecule has 0 saturated heterocycles. The summed E-state index contributed by atoms with van der Waals surface area (Å²) in [4.78, 5) is 12.0. The molecule has 1 amide bonds. The highest BCUT2D eigenvalue weighted by molar-refractivity contribution is 7.89. The minimum Gasteiger partial charge on any atom is -0.322 e. The van der Waals surface area contributed by atoms with Gasteiger partial charge in [-0.1, -0.05) is 23.7 Å². The maximum absolute atomic E-state index is 12.1. The second-order valence-electron chi connectivity index (χ2n) is 4.49. The predicted octanol–water partition coefficient (Wildman–Crippen LogP) is 2.55. The molecule has 21 heavy (non-hydrogen) atoms. The van der Waals surface area contributed by atoms with E-state index in [1.165, 1.54) is 18.2 Å². The van der Waals surface area contributed by atoms with Crippen LogP contribution < -0.4 is 10.5 Å². The van der Waals surface area contributed by atoms with Gasteiger partial charge in [0, 0.05) is 16.3 Å². The molecule has 0 aliphatic rings. The van der Waals surface area contributed by atoms with Gasteiger partial charge in [-0.15, -0.1) is 0 Å². The fourth-order valence-corrected chi connectivity index (χ4v) is 2.43. The van der Waals surface area contributed by atoms with E-state index in [9.17, 15) is 13.2 Å². The second-order valence-corrected chi connectivity index (χ2v) is 6.46. The number of carbonyl (C=O) groups excluding carboxylic acids is 1. The van der Waals surface area contributed by atoms with Crippen molar-refractivity contribution in [2.45, 2.75) is 11.8 Å². The average Bonchev–Trinajstić information content (AvgIpc) is 2.41. The van der Waals surface area contributed by atoms with Crippen LogP contribution in [-0.2, 0) is 10.0 Å². The van der Waals surface area contributed by atoms with E-state index < -0.39 is 10.0 Å². The summed E-state index contributed by atoms with van der Waals surface area (Å²) in [5, 5.41) is 8.13. The van der Waals surface area contributed by atoms with E-state index in [0.29, 0.717) is 16.3 Å². The predicted molar refractivity (Wildman–Crippen MR) is 82.0 cm³/mol. The Bertz CT molecular complexity index is 804. The average molecular weight is 325 g/mol. The third kappa shape index (κ3) is 3.81. The van der Waals surface area contributed by atoms with Gasteiger partial charge in [0.05, 0.1) is 4.90 Å². The number of halogens is 1. The zero-order chi connectivity index (χ0) is 15.6. The van der Waals surface area contributed by atoms with Crippen molar-refractivity contribution in [2.75, 3.05) is 5.32 Å². The first-order valence-electron chi connectivity index (χ1n) is 5.98. The number of carbonyl (C=O) groups is 1. The van der Waals surface area contributed by atoms with Crippen LogP contribution in [0.1, 0.15) is 15.9 Å². The third-order valence-corrected chi connectivity index (χ3v) is 4.17. The van der Waals surface area contributed by atoms with Crippen LogP contribution in [-0.4, -0.2) is 14.3 Å². The standard InChI is InChI=1S/C14H13ClN2O3S/c1-9-5-6-10(7-13(9)15)14(18)17-11-3-2-4-12(8-11)21(16,19)20/h2-8H,1H3,(H,17,18)(H2,16,19,20). The summed E-state index contributed by atoms with van der Waals surface area (Å²) in [7, 11) is -3.81. The SMILES string of the molecule is Cc1ccc(C(=O)Nc2cccc(S(N)(=O)=O)c2)cc1Cl. The van der Waals surface area contributed by atoms with Crippen molar-refractivity contribution in [3.8, 4) is 0 Å². The Hall–Kier alpha value is -1.89. The van der Waals surface area contributed by atoms with Crippen LogP contribution in [0.3, 0.4) is 0 Å². The highest BCUT2D eigenvalue weighted by Crippen LogP contribution is 2.19. The molecule has 0 spiro atoms. The summed E-state index contributed by atoms with van der Waals surface area (Å²) in [5.74, 6) is -0.386. The molecule has 2 rings (SSSR count). The Kier molecular flexibility index (Phi) is 4.32. The number of benzene rings is 2. The molecular formula is C14H13ClN2O3S. The van der Waals surface area contributed by atoms with Crippen LogP contribution in [0.25, 0.3) is 0 Å². The summed E-state index contributed by atoms with van der Waals surface area (Å²) in [5.41, 5.74) is 1.58. The second kappa shape index (κ2) is 5.85. The minimum absolute atomic E-state index is 0.0674. The molecule has 5 nitrogen and oxygen atoms in total. The van der Waals surface area contributed by atoms with Gasteiger partial charge in [-0.3, -0.25) is 4.79 Å². The lowest BCUT2D eigenvalue weighted by atomic mass is 10.1. The molecule has 0 aromatic heterocycles. The van der Waals surface area contributed by atoms with Gasteiger partial charge in [0.25, 0.3) is 5.91 Å². The van der Waals surface area contributed by atoms with Crippen LogP contribution in [0.15, 0.2) is 47.4 Å². The number of aryl methyl sites for hydroxylation is 1. The summed E-state index contributed by atoms with van der Waals surface area (Å²) < 4.78 is 22.5. The number of primary sulfonamides is 1. The van der Waals surface area contributed by atoms with E-state index in [0.717, 1.165) is 5.56 Å². The normalized spacial score (nSPS) is 11.2. The fraction of sp³-hybridized carbons (Fsp3) is 0.0714. The molecule has 2 aromatic carbocycles. The first-order valence-corrected chi connectivity index (χ1v) is 7.90. The molecule has 0 atom stereocenters. The highest BCUT2D eigenvalue weighted by atomic mass is 35.5. The molecular weight excluding hydrogens is 312 g/mol. The van der Waals surface area contributed by atoms with Crippen molar-refractivity contribution < 1.29 is 13.2 Å². The molecule has 0 radical (unpaired) electrons. The first-order chi connectivity index (χ1) is 9.77. The van der Waals surface area contributed by atoms with Crippen molar-refractivity contribution in [3.63, 3.8) is 0 Å². The zero-order valence-electron chi connectivity index (χ0n) is 11.1. The Morgan fingerprint density at radius 1 is 1.19 bits per heavy atom. The van der Waals surface area contributed by atoms with Gasteiger partial charge in [0.2, 0.25) is 10.0 Å². The van der Waals surface area contributed by atoms with E-state index in [1.54, 1.807) is 24.3 Å². The minimum atomic E-state index is -3.81. The van der Waals surface area contributed by atoms with E-state index in [1.807, 2.05) is 6.92 Å². The Morgan fingerprint density at radius 3 is 2.52 bits per heavy atom. The summed E-state index contributed by atoms with van der Waals surface area (Å²) in [6.45, 7) is 1.83. The Labute approximate surface area is 127 Å². The molecule has 0 saturated carbocycles. The molecule has 0 aliphatic carbocycles.